The smallest absolute Gasteiger partial charge is 0.156 e. The number of rotatable bonds is 3. The number of benzene rings is 1. The molecule has 20 heavy (non-hydrogen) atoms. The summed E-state index contributed by atoms with van der Waals surface area (Å²) >= 11 is 5.82. The van der Waals surface area contributed by atoms with Crippen LogP contribution in [0.1, 0.15) is 11.1 Å². The number of hydrogen-bond donors (Lipinski definition) is 0. The number of halogens is 1. The van der Waals surface area contributed by atoms with Gasteiger partial charge in [0.25, 0.3) is 0 Å². The largest absolute Gasteiger partial charge is 0.237 e. The molecule has 0 bridgehead atoms. The zero-order chi connectivity index (χ0) is 13.9. The second-order valence-corrected chi connectivity index (χ2v) is 4.92. The van der Waals surface area contributed by atoms with Crippen molar-refractivity contribution in [2.45, 2.75) is 12.8 Å². The Morgan fingerprint density at radius 2 is 1.90 bits per heavy atom. The molecule has 0 saturated heterocycles. The minimum atomic E-state index is 0.475. The maximum atomic E-state index is 5.82. The summed E-state index contributed by atoms with van der Waals surface area (Å²) in [6, 6.07) is 12.2. The van der Waals surface area contributed by atoms with E-state index < -0.39 is 0 Å². The Labute approximate surface area is 122 Å². The van der Waals surface area contributed by atoms with Crippen molar-refractivity contribution in [1.82, 2.24) is 14.8 Å². The Hall–Kier alpha value is -2.13. The molecule has 3 nitrogen and oxygen atoms in total. The van der Waals surface area contributed by atoms with E-state index in [1.807, 2.05) is 43.6 Å². The van der Waals surface area contributed by atoms with Crippen molar-refractivity contribution >= 4 is 11.6 Å². The third-order valence-corrected chi connectivity index (χ3v) is 3.48. The SMILES string of the molecule is Cc1cc(CCl)cnc1-n1cc(-c2ccccc2)cn1. The molecule has 0 atom stereocenters. The van der Waals surface area contributed by atoms with Gasteiger partial charge in [-0.2, -0.15) is 5.10 Å². The van der Waals surface area contributed by atoms with E-state index in [9.17, 15) is 0 Å². The fourth-order valence-corrected chi connectivity index (χ4v) is 2.30. The number of aryl methyl sites for hydroxylation is 1. The summed E-state index contributed by atoms with van der Waals surface area (Å²) < 4.78 is 1.80. The van der Waals surface area contributed by atoms with Crippen molar-refractivity contribution in [3.05, 3.63) is 66.1 Å². The van der Waals surface area contributed by atoms with Crippen molar-refractivity contribution in [3.63, 3.8) is 0 Å². The highest BCUT2D eigenvalue weighted by Gasteiger charge is 2.07. The van der Waals surface area contributed by atoms with Gasteiger partial charge in [-0.25, -0.2) is 9.67 Å². The molecule has 0 saturated carbocycles. The van der Waals surface area contributed by atoms with E-state index in [0.717, 1.165) is 28.1 Å². The van der Waals surface area contributed by atoms with Crippen molar-refractivity contribution in [3.8, 4) is 16.9 Å². The lowest BCUT2D eigenvalue weighted by Crippen LogP contribution is -2.01. The quantitative estimate of drug-likeness (QED) is 0.681. The number of pyridine rings is 1. The summed E-state index contributed by atoms with van der Waals surface area (Å²) in [6.45, 7) is 2.02. The summed E-state index contributed by atoms with van der Waals surface area (Å²) in [7, 11) is 0. The Kier molecular flexibility index (Phi) is 3.52. The van der Waals surface area contributed by atoms with Gasteiger partial charge >= 0.3 is 0 Å². The van der Waals surface area contributed by atoms with Crippen molar-refractivity contribution in [2.75, 3.05) is 0 Å². The van der Waals surface area contributed by atoms with E-state index in [4.69, 9.17) is 11.6 Å². The van der Waals surface area contributed by atoms with Crippen LogP contribution in [0, 0.1) is 6.92 Å². The first-order valence-electron chi connectivity index (χ1n) is 6.40. The highest BCUT2D eigenvalue weighted by atomic mass is 35.5. The molecule has 0 aliphatic heterocycles. The summed E-state index contributed by atoms with van der Waals surface area (Å²) in [4.78, 5) is 4.44. The fraction of sp³-hybridized carbons (Fsp3) is 0.125. The lowest BCUT2D eigenvalue weighted by Gasteiger charge is -2.05. The molecule has 0 fully saturated rings. The van der Waals surface area contributed by atoms with Crippen LogP contribution in [0.4, 0.5) is 0 Å². The fourth-order valence-electron chi connectivity index (χ4n) is 2.16. The monoisotopic (exact) mass is 283 g/mol. The van der Waals surface area contributed by atoms with Gasteiger partial charge in [-0.05, 0) is 29.7 Å². The predicted molar refractivity (Wildman–Crippen MR) is 81.1 cm³/mol. The number of alkyl halides is 1. The maximum Gasteiger partial charge on any atom is 0.156 e. The second-order valence-electron chi connectivity index (χ2n) is 4.66. The van der Waals surface area contributed by atoms with Crippen LogP contribution in [0.3, 0.4) is 0 Å². The first-order chi connectivity index (χ1) is 9.78. The van der Waals surface area contributed by atoms with Crippen LogP contribution in [-0.4, -0.2) is 14.8 Å². The van der Waals surface area contributed by atoms with E-state index in [0.29, 0.717) is 5.88 Å². The molecule has 1 aromatic carbocycles. The van der Waals surface area contributed by atoms with E-state index in [-0.39, 0.29) is 0 Å². The van der Waals surface area contributed by atoms with E-state index in [2.05, 4.69) is 22.2 Å². The van der Waals surface area contributed by atoms with E-state index in [1.54, 1.807) is 10.9 Å². The van der Waals surface area contributed by atoms with Gasteiger partial charge in [0.15, 0.2) is 5.82 Å². The molecular formula is C16H14ClN3. The van der Waals surface area contributed by atoms with Crippen molar-refractivity contribution < 1.29 is 0 Å². The number of nitrogens with zero attached hydrogens (tertiary/aromatic N) is 3. The topological polar surface area (TPSA) is 30.7 Å². The van der Waals surface area contributed by atoms with Crippen LogP contribution in [0.25, 0.3) is 16.9 Å². The first-order valence-corrected chi connectivity index (χ1v) is 6.93. The Morgan fingerprint density at radius 1 is 1.10 bits per heavy atom. The molecule has 4 heteroatoms. The Morgan fingerprint density at radius 3 is 2.60 bits per heavy atom. The molecule has 0 unspecified atom stereocenters. The van der Waals surface area contributed by atoms with E-state index in [1.165, 1.54) is 0 Å². The lowest BCUT2D eigenvalue weighted by atomic mass is 10.1. The van der Waals surface area contributed by atoms with Crippen LogP contribution in [0.15, 0.2) is 55.0 Å². The Balaban J connectivity index is 1.98. The number of aromatic nitrogens is 3. The van der Waals surface area contributed by atoms with Crippen LogP contribution >= 0.6 is 11.6 Å². The third kappa shape index (κ3) is 2.45. The molecule has 0 spiro atoms. The molecule has 3 aromatic rings. The van der Waals surface area contributed by atoms with Crippen LogP contribution < -0.4 is 0 Å². The molecule has 0 N–H and O–H groups in total. The van der Waals surface area contributed by atoms with Crippen LogP contribution in [-0.2, 0) is 5.88 Å². The van der Waals surface area contributed by atoms with Crippen LogP contribution in [0.2, 0.25) is 0 Å². The van der Waals surface area contributed by atoms with Gasteiger partial charge in [0.1, 0.15) is 0 Å². The summed E-state index contributed by atoms with van der Waals surface area (Å²) in [5.41, 5.74) is 4.30. The van der Waals surface area contributed by atoms with Crippen LogP contribution in [0.5, 0.6) is 0 Å². The number of hydrogen-bond acceptors (Lipinski definition) is 2. The first kappa shape index (κ1) is 12.9. The molecule has 100 valence electrons. The normalized spacial score (nSPS) is 10.7. The molecule has 2 aromatic heterocycles. The standard InChI is InChI=1S/C16H14ClN3/c1-12-7-13(8-17)9-18-16(12)20-11-15(10-19-20)14-5-3-2-4-6-14/h2-7,9-11H,8H2,1H3. The summed E-state index contributed by atoms with van der Waals surface area (Å²) in [5.74, 6) is 1.31. The van der Waals surface area contributed by atoms with Crippen molar-refractivity contribution in [1.29, 1.82) is 0 Å². The molecule has 0 radical (unpaired) electrons. The summed E-state index contributed by atoms with van der Waals surface area (Å²) in [6.07, 6.45) is 5.64. The molecule has 0 aliphatic rings. The third-order valence-electron chi connectivity index (χ3n) is 3.17. The van der Waals surface area contributed by atoms with Gasteiger partial charge in [-0.15, -0.1) is 11.6 Å². The minimum absolute atomic E-state index is 0.475. The van der Waals surface area contributed by atoms with E-state index >= 15 is 0 Å². The van der Waals surface area contributed by atoms with Gasteiger partial charge in [0.2, 0.25) is 0 Å². The molecule has 3 rings (SSSR count). The lowest BCUT2D eigenvalue weighted by molar-refractivity contribution is 0.836. The molecule has 2 heterocycles. The second kappa shape index (κ2) is 5.47. The molecule has 0 aliphatic carbocycles. The zero-order valence-electron chi connectivity index (χ0n) is 11.1. The average Bonchev–Trinajstić information content (AvgIpc) is 2.97. The average molecular weight is 284 g/mol. The zero-order valence-corrected chi connectivity index (χ0v) is 11.9. The molecule has 0 amide bonds. The Bertz CT molecular complexity index is 720. The van der Waals surface area contributed by atoms with Gasteiger partial charge in [0, 0.05) is 23.8 Å². The van der Waals surface area contributed by atoms with Crippen molar-refractivity contribution in [2.24, 2.45) is 0 Å². The van der Waals surface area contributed by atoms with Gasteiger partial charge in [-0.3, -0.25) is 0 Å². The minimum Gasteiger partial charge on any atom is -0.237 e. The van der Waals surface area contributed by atoms with Gasteiger partial charge in [0.05, 0.1) is 6.20 Å². The molecular weight excluding hydrogens is 270 g/mol. The highest BCUT2D eigenvalue weighted by molar-refractivity contribution is 6.17. The predicted octanol–water partition coefficient (Wildman–Crippen LogP) is 3.98. The summed E-state index contributed by atoms with van der Waals surface area (Å²) in [5, 5.41) is 4.40. The van der Waals surface area contributed by atoms with Gasteiger partial charge < -0.3 is 0 Å². The maximum absolute atomic E-state index is 5.82. The highest BCUT2D eigenvalue weighted by Crippen LogP contribution is 2.20. The van der Waals surface area contributed by atoms with Gasteiger partial charge in [-0.1, -0.05) is 30.3 Å².